The molecule has 20 heavy (non-hydrogen) atoms. The van der Waals surface area contributed by atoms with Gasteiger partial charge in [-0.3, -0.25) is 0 Å². The van der Waals surface area contributed by atoms with Crippen LogP contribution in [0.15, 0.2) is 12.1 Å². The summed E-state index contributed by atoms with van der Waals surface area (Å²) in [7, 11) is 3.30. The van der Waals surface area contributed by atoms with Crippen LogP contribution in [0.2, 0.25) is 0 Å². The molecule has 0 aromatic heterocycles. The van der Waals surface area contributed by atoms with E-state index in [4.69, 9.17) is 18.9 Å². The van der Waals surface area contributed by atoms with E-state index in [1.54, 1.807) is 14.2 Å². The Balaban J connectivity index is 1.91. The van der Waals surface area contributed by atoms with E-state index < -0.39 is 0 Å². The minimum atomic E-state index is -0.0263. The smallest absolute Gasteiger partial charge is 0.161 e. The third-order valence-corrected chi connectivity index (χ3v) is 4.37. The predicted octanol–water partition coefficient (Wildman–Crippen LogP) is 3.39. The quantitative estimate of drug-likeness (QED) is 0.696. The van der Waals surface area contributed by atoms with Crippen molar-refractivity contribution in [1.82, 2.24) is 0 Å². The third-order valence-electron chi connectivity index (χ3n) is 3.37. The molecule has 5 heteroatoms. The Morgan fingerprint density at radius 1 is 1.20 bits per heavy atom. The number of benzene rings is 1. The molecule has 1 fully saturated rings. The molecule has 0 spiro atoms. The maximum absolute atomic E-state index is 5.77. The van der Waals surface area contributed by atoms with Crippen molar-refractivity contribution < 1.29 is 18.9 Å². The molecule has 1 aromatic carbocycles. The molecule has 0 saturated carbocycles. The van der Waals surface area contributed by atoms with Crippen LogP contribution in [0.3, 0.4) is 0 Å². The first-order valence-corrected chi connectivity index (χ1v) is 7.96. The van der Waals surface area contributed by atoms with E-state index in [9.17, 15) is 0 Å². The van der Waals surface area contributed by atoms with Crippen molar-refractivity contribution in [3.8, 4) is 11.5 Å². The molecule has 1 heterocycles. The van der Waals surface area contributed by atoms with Gasteiger partial charge in [-0.1, -0.05) is 0 Å². The molecule has 0 aliphatic carbocycles. The maximum Gasteiger partial charge on any atom is 0.161 e. The molecule has 2 rings (SSSR count). The summed E-state index contributed by atoms with van der Waals surface area (Å²) in [4.78, 5) is 0. The van der Waals surface area contributed by atoms with Gasteiger partial charge in [0.2, 0.25) is 0 Å². The average Bonchev–Trinajstić information content (AvgIpc) is 2.49. The minimum Gasteiger partial charge on any atom is -0.493 e. The standard InChI is InChI=1S/C15H21IO4/c1-17-13-9-11(12(16)10-14(13)18-2)6-8-20-15-5-3-4-7-19-15/h9-10,15H,3-8H2,1-2H3. The normalized spacial score (nSPS) is 18.9. The highest BCUT2D eigenvalue weighted by Gasteiger charge is 2.14. The number of ether oxygens (including phenoxy) is 4. The highest BCUT2D eigenvalue weighted by molar-refractivity contribution is 14.1. The lowest BCUT2D eigenvalue weighted by atomic mass is 10.1. The van der Waals surface area contributed by atoms with Crippen LogP contribution in [0.25, 0.3) is 0 Å². The van der Waals surface area contributed by atoms with Gasteiger partial charge < -0.3 is 18.9 Å². The minimum absolute atomic E-state index is 0.0263. The number of hydrogen-bond acceptors (Lipinski definition) is 4. The fourth-order valence-electron chi connectivity index (χ4n) is 2.23. The van der Waals surface area contributed by atoms with E-state index in [-0.39, 0.29) is 6.29 Å². The lowest BCUT2D eigenvalue weighted by Gasteiger charge is -2.22. The Morgan fingerprint density at radius 3 is 2.60 bits per heavy atom. The molecular weight excluding hydrogens is 371 g/mol. The van der Waals surface area contributed by atoms with Gasteiger partial charge in [-0.15, -0.1) is 0 Å². The van der Waals surface area contributed by atoms with Gasteiger partial charge in [-0.25, -0.2) is 0 Å². The van der Waals surface area contributed by atoms with Crippen LogP contribution in [0.5, 0.6) is 11.5 Å². The molecule has 112 valence electrons. The summed E-state index contributed by atoms with van der Waals surface area (Å²) in [6.45, 7) is 1.48. The lowest BCUT2D eigenvalue weighted by molar-refractivity contribution is -0.161. The van der Waals surface area contributed by atoms with Gasteiger partial charge in [0.25, 0.3) is 0 Å². The van der Waals surface area contributed by atoms with Crippen molar-refractivity contribution in [2.75, 3.05) is 27.4 Å². The van der Waals surface area contributed by atoms with E-state index in [2.05, 4.69) is 22.6 Å². The molecule has 1 atom stereocenters. The second-order valence-electron chi connectivity index (χ2n) is 4.72. The number of methoxy groups -OCH3 is 2. The Hall–Kier alpha value is -0.530. The summed E-state index contributed by atoms with van der Waals surface area (Å²) in [5.74, 6) is 1.52. The van der Waals surface area contributed by atoms with Crippen molar-refractivity contribution >= 4 is 22.6 Å². The van der Waals surface area contributed by atoms with E-state index in [0.29, 0.717) is 6.61 Å². The summed E-state index contributed by atoms with van der Waals surface area (Å²) in [5.41, 5.74) is 1.21. The summed E-state index contributed by atoms with van der Waals surface area (Å²) in [6.07, 6.45) is 4.16. The molecule has 4 nitrogen and oxygen atoms in total. The van der Waals surface area contributed by atoms with Crippen LogP contribution in [0, 0.1) is 3.57 Å². The number of rotatable bonds is 6. The summed E-state index contributed by atoms with van der Waals surface area (Å²) in [6, 6.07) is 4.01. The van der Waals surface area contributed by atoms with E-state index in [1.165, 1.54) is 12.0 Å². The fourth-order valence-corrected chi connectivity index (χ4v) is 2.94. The van der Waals surface area contributed by atoms with Gasteiger partial charge in [-0.05, 0) is 66.0 Å². The summed E-state index contributed by atoms with van der Waals surface area (Å²) < 4.78 is 23.1. The van der Waals surface area contributed by atoms with Crippen LogP contribution in [0.1, 0.15) is 24.8 Å². The molecule has 1 unspecified atom stereocenters. The zero-order valence-corrected chi connectivity index (χ0v) is 14.1. The van der Waals surface area contributed by atoms with E-state index in [0.717, 1.165) is 40.9 Å². The van der Waals surface area contributed by atoms with Crippen molar-refractivity contribution in [3.63, 3.8) is 0 Å². The Labute approximate surface area is 133 Å². The SMILES string of the molecule is COc1cc(I)c(CCOC2CCCCO2)cc1OC. The molecule has 1 saturated heterocycles. The maximum atomic E-state index is 5.77. The zero-order valence-electron chi connectivity index (χ0n) is 12.0. The van der Waals surface area contributed by atoms with E-state index >= 15 is 0 Å². The molecule has 0 bridgehead atoms. The Kier molecular flexibility index (Phi) is 6.38. The molecule has 0 amide bonds. The number of hydrogen-bond donors (Lipinski definition) is 0. The average molecular weight is 392 g/mol. The molecule has 0 N–H and O–H groups in total. The van der Waals surface area contributed by atoms with Gasteiger partial charge >= 0.3 is 0 Å². The largest absolute Gasteiger partial charge is 0.493 e. The van der Waals surface area contributed by atoms with Crippen molar-refractivity contribution in [2.45, 2.75) is 32.0 Å². The monoisotopic (exact) mass is 392 g/mol. The Morgan fingerprint density at radius 2 is 1.95 bits per heavy atom. The third kappa shape index (κ3) is 4.23. The van der Waals surface area contributed by atoms with Crippen molar-refractivity contribution in [3.05, 3.63) is 21.3 Å². The molecule has 0 radical (unpaired) electrons. The molecule has 1 aromatic rings. The predicted molar refractivity (Wildman–Crippen MR) is 85.5 cm³/mol. The Bertz CT molecular complexity index is 430. The lowest BCUT2D eigenvalue weighted by Crippen LogP contribution is -2.23. The van der Waals surface area contributed by atoms with Crippen molar-refractivity contribution in [2.24, 2.45) is 0 Å². The van der Waals surface area contributed by atoms with Gasteiger partial charge in [0, 0.05) is 10.2 Å². The first-order valence-electron chi connectivity index (χ1n) is 6.88. The molecular formula is C15H21IO4. The van der Waals surface area contributed by atoms with E-state index in [1.807, 2.05) is 12.1 Å². The van der Waals surface area contributed by atoms with Crippen LogP contribution < -0.4 is 9.47 Å². The summed E-state index contributed by atoms with van der Waals surface area (Å²) >= 11 is 2.31. The molecule has 1 aliphatic heterocycles. The zero-order chi connectivity index (χ0) is 14.4. The second kappa shape index (κ2) is 8.05. The van der Waals surface area contributed by atoms with Crippen LogP contribution in [0.4, 0.5) is 0 Å². The first-order chi connectivity index (χ1) is 9.74. The highest BCUT2D eigenvalue weighted by Crippen LogP contribution is 2.31. The fraction of sp³-hybridized carbons (Fsp3) is 0.600. The van der Waals surface area contributed by atoms with Gasteiger partial charge in [0.1, 0.15) is 0 Å². The van der Waals surface area contributed by atoms with Gasteiger partial charge in [0.05, 0.1) is 20.8 Å². The second-order valence-corrected chi connectivity index (χ2v) is 5.88. The van der Waals surface area contributed by atoms with Crippen molar-refractivity contribution in [1.29, 1.82) is 0 Å². The van der Waals surface area contributed by atoms with Crippen LogP contribution in [-0.2, 0) is 15.9 Å². The van der Waals surface area contributed by atoms with Crippen LogP contribution >= 0.6 is 22.6 Å². The highest BCUT2D eigenvalue weighted by atomic mass is 127. The van der Waals surface area contributed by atoms with Gasteiger partial charge in [-0.2, -0.15) is 0 Å². The molecule has 1 aliphatic rings. The van der Waals surface area contributed by atoms with Gasteiger partial charge in [0.15, 0.2) is 17.8 Å². The number of halogens is 1. The first kappa shape index (κ1) is 15.9. The topological polar surface area (TPSA) is 36.9 Å². The van der Waals surface area contributed by atoms with Crippen LogP contribution in [-0.4, -0.2) is 33.7 Å². The summed E-state index contributed by atoms with van der Waals surface area (Å²) in [5, 5.41) is 0.